The molecule has 0 aliphatic carbocycles. The highest BCUT2D eigenvalue weighted by atomic mass is 79.9. The third-order valence-electron chi connectivity index (χ3n) is 2.09. The standard InChI is InChI=1S/C11H15BrClO4P/c12-8-4-9-15-18(14,17-13)16-10-7-11-5-2-1-3-6-11/h1-3,5-6H,4,7-10H2. The van der Waals surface area contributed by atoms with E-state index in [-0.39, 0.29) is 13.2 Å². The summed E-state index contributed by atoms with van der Waals surface area (Å²) in [4.78, 5) is 0. The van der Waals surface area contributed by atoms with E-state index in [0.717, 1.165) is 10.9 Å². The highest BCUT2D eigenvalue weighted by Gasteiger charge is 2.26. The van der Waals surface area contributed by atoms with Gasteiger partial charge < -0.3 is 0 Å². The van der Waals surface area contributed by atoms with Crippen LogP contribution in [0, 0.1) is 0 Å². The fourth-order valence-electron chi connectivity index (χ4n) is 1.23. The van der Waals surface area contributed by atoms with E-state index in [2.05, 4.69) is 20.0 Å². The average Bonchev–Trinajstić information content (AvgIpc) is 2.40. The van der Waals surface area contributed by atoms with Crippen LogP contribution in [0.25, 0.3) is 0 Å². The Bertz CT molecular complexity index is 377. The summed E-state index contributed by atoms with van der Waals surface area (Å²) in [6.45, 7) is 0.489. The number of rotatable bonds is 9. The number of phosphoric acid groups is 1. The summed E-state index contributed by atoms with van der Waals surface area (Å²) in [6, 6.07) is 9.71. The normalized spacial score (nSPS) is 14.3. The Morgan fingerprint density at radius 2 is 1.83 bits per heavy atom. The molecule has 1 aromatic rings. The number of benzene rings is 1. The molecule has 1 atom stereocenters. The summed E-state index contributed by atoms with van der Waals surface area (Å²) in [5.41, 5.74) is 1.08. The third kappa shape index (κ3) is 6.32. The van der Waals surface area contributed by atoms with Gasteiger partial charge in [0.05, 0.1) is 25.1 Å². The number of hydrogen-bond acceptors (Lipinski definition) is 4. The van der Waals surface area contributed by atoms with E-state index in [1.165, 1.54) is 0 Å². The number of halogens is 2. The lowest BCUT2D eigenvalue weighted by atomic mass is 10.2. The Morgan fingerprint density at radius 3 is 2.44 bits per heavy atom. The molecule has 102 valence electrons. The van der Waals surface area contributed by atoms with E-state index in [1.54, 1.807) is 0 Å². The highest BCUT2D eigenvalue weighted by molar-refractivity contribution is 9.09. The van der Waals surface area contributed by atoms with Gasteiger partial charge in [0.25, 0.3) is 0 Å². The lowest BCUT2D eigenvalue weighted by Crippen LogP contribution is -2.02. The molecule has 0 spiro atoms. The number of hydrogen-bond donors (Lipinski definition) is 0. The molecule has 0 radical (unpaired) electrons. The van der Waals surface area contributed by atoms with E-state index in [1.807, 2.05) is 30.3 Å². The molecule has 0 saturated heterocycles. The van der Waals surface area contributed by atoms with Crippen LogP contribution in [0.15, 0.2) is 30.3 Å². The van der Waals surface area contributed by atoms with Crippen LogP contribution in [0.1, 0.15) is 12.0 Å². The van der Waals surface area contributed by atoms with E-state index in [4.69, 9.17) is 20.9 Å². The molecule has 18 heavy (non-hydrogen) atoms. The largest absolute Gasteiger partial charge is 0.491 e. The van der Waals surface area contributed by atoms with Crippen molar-refractivity contribution in [2.45, 2.75) is 12.8 Å². The maximum atomic E-state index is 11.8. The second kappa shape index (κ2) is 9.08. The van der Waals surface area contributed by atoms with Crippen LogP contribution in [-0.4, -0.2) is 18.5 Å². The molecule has 1 unspecified atom stereocenters. The molecule has 7 heteroatoms. The van der Waals surface area contributed by atoms with Gasteiger partial charge in [-0.05, 0) is 18.4 Å². The molecular formula is C11H15BrClO4P. The lowest BCUT2D eigenvalue weighted by molar-refractivity contribution is 0.161. The van der Waals surface area contributed by atoms with Gasteiger partial charge in [-0.3, -0.25) is 9.05 Å². The molecule has 0 heterocycles. The van der Waals surface area contributed by atoms with Crippen molar-refractivity contribution in [2.75, 3.05) is 18.5 Å². The minimum atomic E-state index is -3.62. The molecule has 1 aromatic carbocycles. The average molecular weight is 358 g/mol. The predicted molar refractivity (Wildman–Crippen MR) is 75.0 cm³/mol. The molecule has 0 bridgehead atoms. The van der Waals surface area contributed by atoms with Crippen LogP contribution in [0.4, 0.5) is 0 Å². The fourth-order valence-corrected chi connectivity index (χ4v) is 2.52. The summed E-state index contributed by atoms with van der Waals surface area (Å²) in [5, 5.41) is 0.749. The Morgan fingerprint density at radius 1 is 1.17 bits per heavy atom. The van der Waals surface area contributed by atoms with Crippen molar-refractivity contribution in [3.63, 3.8) is 0 Å². The van der Waals surface area contributed by atoms with Crippen molar-refractivity contribution in [3.8, 4) is 0 Å². The molecule has 0 N–H and O–H groups in total. The van der Waals surface area contributed by atoms with Crippen molar-refractivity contribution in [3.05, 3.63) is 35.9 Å². The van der Waals surface area contributed by atoms with Crippen LogP contribution in [0.2, 0.25) is 0 Å². The molecule has 0 aliphatic rings. The summed E-state index contributed by atoms with van der Waals surface area (Å²) in [6.07, 6.45) is 1.32. The van der Waals surface area contributed by atoms with Gasteiger partial charge in [-0.2, -0.15) is 4.08 Å². The van der Waals surface area contributed by atoms with Crippen LogP contribution >= 0.6 is 35.6 Å². The zero-order chi connectivity index (χ0) is 13.3. The zero-order valence-corrected chi connectivity index (χ0v) is 13.0. The first-order valence-electron chi connectivity index (χ1n) is 5.49. The third-order valence-corrected chi connectivity index (χ3v) is 4.33. The van der Waals surface area contributed by atoms with Gasteiger partial charge in [-0.25, -0.2) is 4.57 Å². The van der Waals surface area contributed by atoms with Crippen LogP contribution in [-0.2, 0) is 24.1 Å². The molecule has 0 fully saturated rings. The maximum Gasteiger partial charge on any atom is 0.491 e. The minimum absolute atomic E-state index is 0.225. The molecule has 0 aromatic heterocycles. The molecule has 4 nitrogen and oxygen atoms in total. The van der Waals surface area contributed by atoms with Gasteiger partial charge in [-0.15, -0.1) is 0 Å². The van der Waals surface area contributed by atoms with Gasteiger partial charge in [0.2, 0.25) is 0 Å². The first-order chi connectivity index (χ1) is 8.70. The van der Waals surface area contributed by atoms with Crippen molar-refractivity contribution < 1.29 is 17.7 Å². The maximum absolute atomic E-state index is 11.8. The molecule has 0 saturated carbocycles. The van der Waals surface area contributed by atoms with Gasteiger partial charge >= 0.3 is 7.82 Å². The first kappa shape index (κ1) is 16.2. The van der Waals surface area contributed by atoms with Crippen molar-refractivity contribution in [1.82, 2.24) is 0 Å². The fraction of sp³-hybridized carbons (Fsp3) is 0.455. The Labute approximate surface area is 120 Å². The SMILES string of the molecule is O=P(OCl)(OCCCBr)OCCc1ccccc1. The van der Waals surface area contributed by atoms with E-state index in [9.17, 15) is 4.57 Å². The monoisotopic (exact) mass is 356 g/mol. The van der Waals surface area contributed by atoms with Gasteiger partial charge in [0.15, 0.2) is 0 Å². The molecule has 1 rings (SSSR count). The highest BCUT2D eigenvalue weighted by Crippen LogP contribution is 2.50. The lowest BCUT2D eigenvalue weighted by Gasteiger charge is -2.13. The van der Waals surface area contributed by atoms with Crippen molar-refractivity contribution in [2.24, 2.45) is 0 Å². The van der Waals surface area contributed by atoms with Crippen LogP contribution in [0.5, 0.6) is 0 Å². The first-order valence-corrected chi connectivity index (χ1v) is 8.38. The van der Waals surface area contributed by atoms with E-state index in [0.29, 0.717) is 12.8 Å². The molecule has 0 amide bonds. The second-order valence-electron chi connectivity index (χ2n) is 3.46. The minimum Gasteiger partial charge on any atom is -0.286 e. The van der Waals surface area contributed by atoms with E-state index < -0.39 is 7.82 Å². The number of alkyl halides is 1. The summed E-state index contributed by atoms with van der Waals surface area (Å²) in [5.74, 6) is 0. The summed E-state index contributed by atoms with van der Waals surface area (Å²) < 4.78 is 26.2. The van der Waals surface area contributed by atoms with Gasteiger partial charge in [-0.1, -0.05) is 46.3 Å². The quantitative estimate of drug-likeness (QED) is 0.375. The Hall–Kier alpha value is 0.1000. The van der Waals surface area contributed by atoms with Gasteiger partial charge in [0.1, 0.15) is 0 Å². The van der Waals surface area contributed by atoms with E-state index >= 15 is 0 Å². The van der Waals surface area contributed by atoms with Crippen molar-refractivity contribution in [1.29, 1.82) is 0 Å². The Kier molecular flexibility index (Phi) is 8.15. The smallest absolute Gasteiger partial charge is 0.286 e. The van der Waals surface area contributed by atoms with Crippen LogP contribution < -0.4 is 0 Å². The molecular weight excluding hydrogens is 342 g/mol. The molecule has 0 aliphatic heterocycles. The summed E-state index contributed by atoms with van der Waals surface area (Å²) >= 11 is 8.38. The predicted octanol–water partition coefficient (Wildman–Crippen LogP) is 4.33. The zero-order valence-electron chi connectivity index (χ0n) is 9.76. The topological polar surface area (TPSA) is 44.8 Å². The van der Waals surface area contributed by atoms with Crippen LogP contribution in [0.3, 0.4) is 0 Å². The Balaban J connectivity index is 2.32. The second-order valence-corrected chi connectivity index (χ2v) is 6.22. The van der Waals surface area contributed by atoms with Crippen molar-refractivity contribution >= 4 is 35.6 Å². The number of phosphoric ester groups is 1. The van der Waals surface area contributed by atoms with Gasteiger partial charge in [0, 0.05) is 5.33 Å². The summed E-state index contributed by atoms with van der Waals surface area (Å²) in [7, 11) is -3.62.